The van der Waals surface area contributed by atoms with Gasteiger partial charge in [-0.2, -0.15) is 0 Å². The van der Waals surface area contributed by atoms with E-state index in [1.807, 2.05) is 13.8 Å². The summed E-state index contributed by atoms with van der Waals surface area (Å²) >= 11 is 0. The van der Waals surface area contributed by atoms with Crippen molar-refractivity contribution in [2.24, 2.45) is 11.8 Å². The van der Waals surface area contributed by atoms with Crippen LogP contribution < -0.4 is 0 Å². The van der Waals surface area contributed by atoms with Crippen LogP contribution in [-0.4, -0.2) is 36.4 Å². The molecule has 2 saturated heterocycles. The maximum absolute atomic E-state index is 12.2. The van der Waals surface area contributed by atoms with Crippen molar-refractivity contribution in [1.82, 2.24) is 0 Å². The smallest absolute Gasteiger partial charge is 0.312 e. The number of esters is 2. The summed E-state index contributed by atoms with van der Waals surface area (Å²) in [5.74, 6) is -1.84. The molecule has 0 N–H and O–H groups in total. The molecule has 0 aliphatic carbocycles. The second kappa shape index (κ2) is 4.78. The van der Waals surface area contributed by atoms with Crippen LogP contribution in [0.15, 0.2) is 0 Å². The average molecular weight is 270 g/mol. The summed E-state index contributed by atoms with van der Waals surface area (Å²) in [4.78, 5) is 24.4. The van der Waals surface area contributed by atoms with Crippen LogP contribution in [0.2, 0.25) is 0 Å². The molecule has 0 aromatic rings. The van der Waals surface area contributed by atoms with Crippen LogP contribution in [0.4, 0.5) is 0 Å². The predicted octanol–water partition coefficient (Wildman–Crippen LogP) is 1.69. The first-order valence-corrected chi connectivity index (χ1v) is 6.91. The molecule has 0 aromatic carbocycles. The summed E-state index contributed by atoms with van der Waals surface area (Å²) < 4.78 is 16.2. The van der Waals surface area contributed by atoms with E-state index in [1.165, 1.54) is 0 Å². The summed E-state index contributed by atoms with van der Waals surface area (Å²) in [6.45, 7) is 7.90. The van der Waals surface area contributed by atoms with E-state index < -0.39 is 23.0 Å². The maximum Gasteiger partial charge on any atom is 0.312 e. The molecule has 2 rings (SSSR count). The van der Waals surface area contributed by atoms with Crippen molar-refractivity contribution in [3.05, 3.63) is 0 Å². The summed E-state index contributed by atoms with van der Waals surface area (Å²) in [5, 5.41) is 0. The van der Waals surface area contributed by atoms with Crippen LogP contribution >= 0.6 is 0 Å². The molecule has 0 saturated carbocycles. The van der Waals surface area contributed by atoms with Crippen LogP contribution in [0.5, 0.6) is 0 Å². The lowest BCUT2D eigenvalue weighted by Gasteiger charge is -2.33. The molecule has 0 radical (unpaired) electrons. The van der Waals surface area contributed by atoms with Gasteiger partial charge in [0, 0.05) is 0 Å². The van der Waals surface area contributed by atoms with Gasteiger partial charge in [-0.25, -0.2) is 0 Å². The molecule has 2 fully saturated rings. The van der Waals surface area contributed by atoms with Crippen molar-refractivity contribution in [3.8, 4) is 0 Å². The molecule has 2 bridgehead atoms. The largest absolute Gasteiger partial charge is 0.466 e. The molecule has 108 valence electrons. The van der Waals surface area contributed by atoms with Gasteiger partial charge in [-0.1, -0.05) is 0 Å². The summed E-state index contributed by atoms with van der Waals surface area (Å²) in [6, 6.07) is 0. The highest BCUT2D eigenvalue weighted by Gasteiger charge is 2.68. The molecule has 0 spiro atoms. The fourth-order valence-electron chi connectivity index (χ4n) is 3.51. The summed E-state index contributed by atoms with van der Waals surface area (Å²) in [5.41, 5.74) is -1.23. The molecule has 2 heterocycles. The molecular weight excluding hydrogens is 248 g/mol. The third-order valence-corrected chi connectivity index (χ3v) is 4.31. The van der Waals surface area contributed by atoms with Crippen molar-refractivity contribution in [1.29, 1.82) is 0 Å². The summed E-state index contributed by atoms with van der Waals surface area (Å²) in [6.07, 6.45) is 1.53. The minimum Gasteiger partial charge on any atom is -0.466 e. The van der Waals surface area contributed by atoms with Crippen LogP contribution in [0, 0.1) is 11.8 Å². The van der Waals surface area contributed by atoms with E-state index in [9.17, 15) is 9.59 Å². The quantitative estimate of drug-likeness (QED) is 0.727. The zero-order chi connectivity index (χ0) is 14.3. The van der Waals surface area contributed by atoms with Crippen LogP contribution in [0.1, 0.15) is 40.5 Å². The maximum atomic E-state index is 12.2. The fraction of sp³-hybridized carbons (Fsp3) is 0.857. The normalized spacial score (nSPS) is 40.2. The van der Waals surface area contributed by atoms with Crippen molar-refractivity contribution in [2.45, 2.75) is 51.7 Å². The number of ether oxygens (including phenoxy) is 3. The van der Waals surface area contributed by atoms with E-state index in [-0.39, 0.29) is 11.9 Å². The Kier molecular flexibility index (Phi) is 3.60. The molecule has 0 aromatic heterocycles. The van der Waals surface area contributed by atoms with E-state index in [1.54, 1.807) is 13.8 Å². The van der Waals surface area contributed by atoms with Crippen molar-refractivity contribution >= 4 is 11.9 Å². The second-order valence-electron chi connectivity index (χ2n) is 5.69. The number of hydrogen-bond donors (Lipinski definition) is 0. The van der Waals surface area contributed by atoms with E-state index in [2.05, 4.69) is 0 Å². The van der Waals surface area contributed by atoms with Crippen molar-refractivity contribution in [2.75, 3.05) is 13.2 Å². The highest BCUT2D eigenvalue weighted by atomic mass is 16.6. The molecule has 19 heavy (non-hydrogen) atoms. The van der Waals surface area contributed by atoms with E-state index in [0.29, 0.717) is 13.2 Å². The van der Waals surface area contributed by atoms with Crippen LogP contribution in [0.25, 0.3) is 0 Å². The van der Waals surface area contributed by atoms with Crippen LogP contribution in [0.3, 0.4) is 0 Å². The van der Waals surface area contributed by atoms with Gasteiger partial charge in [-0.15, -0.1) is 0 Å². The Bertz CT molecular complexity index is 357. The van der Waals surface area contributed by atoms with Gasteiger partial charge in [-0.3, -0.25) is 9.59 Å². The number of carbonyl (C=O) groups is 2. The first kappa shape index (κ1) is 14.3. The molecule has 2 aliphatic heterocycles. The van der Waals surface area contributed by atoms with Gasteiger partial charge >= 0.3 is 11.9 Å². The lowest BCUT2D eigenvalue weighted by Crippen LogP contribution is -2.47. The van der Waals surface area contributed by atoms with Gasteiger partial charge in [-0.05, 0) is 40.5 Å². The fourth-order valence-corrected chi connectivity index (χ4v) is 3.51. The minimum absolute atomic E-state index is 0.303. The van der Waals surface area contributed by atoms with Gasteiger partial charge in [0.2, 0.25) is 0 Å². The zero-order valence-electron chi connectivity index (χ0n) is 12.0. The molecule has 5 nitrogen and oxygen atoms in total. The topological polar surface area (TPSA) is 61.8 Å². The first-order chi connectivity index (χ1) is 8.88. The van der Waals surface area contributed by atoms with E-state index in [0.717, 1.165) is 12.8 Å². The highest BCUT2D eigenvalue weighted by Crippen LogP contribution is 2.58. The Morgan fingerprint density at radius 1 is 1.00 bits per heavy atom. The Labute approximate surface area is 113 Å². The van der Waals surface area contributed by atoms with Gasteiger partial charge in [0.1, 0.15) is 11.8 Å². The Hall–Kier alpha value is -1.10. The lowest BCUT2D eigenvalue weighted by molar-refractivity contribution is -0.163. The van der Waals surface area contributed by atoms with E-state index >= 15 is 0 Å². The summed E-state index contributed by atoms with van der Waals surface area (Å²) in [7, 11) is 0. The number of hydrogen-bond acceptors (Lipinski definition) is 5. The molecule has 0 amide bonds. The third kappa shape index (κ3) is 2.14. The number of carbonyl (C=O) groups excluding carboxylic acids is 2. The van der Waals surface area contributed by atoms with Crippen LogP contribution in [-0.2, 0) is 23.8 Å². The number of fused-ring (bicyclic) bond motifs is 2. The highest BCUT2D eigenvalue weighted by molar-refractivity contribution is 5.85. The SMILES string of the molecule is CCOC(=O)[C@@H]1[C@@H](C(=O)OCC)[C@]2(C)CC[C@@]1(C)O2. The first-order valence-electron chi connectivity index (χ1n) is 6.91. The molecule has 5 heteroatoms. The number of rotatable bonds is 4. The van der Waals surface area contributed by atoms with E-state index in [4.69, 9.17) is 14.2 Å². The Morgan fingerprint density at radius 2 is 1.37 bits per heavy atom. The lowest BCUT2D eigenvalue weighted by atomic mass is 9.67. The minimum atomic E-state index is -0.613. The second-order valence-corrected chi connectivity index (χ2v) is 5.69. The van der Waals surface area contributed by atoms with Crippen molar-refractivity contribution in [3.63, 3.8) is 0 Å². The van der Waals surface area contributed by atoms with Gasteiger partial charge in [0.25, 0.3) is 0 Å². The zero-order valence-corrected chi connectivity index (χ0v) is 12.0. The molecule has 0 unspecified atom stereocenters. The Balaban J connectivity index is 2.31. The average Bonchev–Trinajstić information content (AvgIpc) is 2.75. The molecular formula is C14H22O5. The molecule has 4 atom stereocenters. The van der Waals surface area contributed by atoms with Gasteiger partial charge in [0.15, 0.2) is 0 Å². The predicted molar refractivity (Wildman–Crippen MR) is 67.4 cm³/mol. The van der Waals surface area contributed by atoms with Gasteiger partial charge in [0.05, 0.1) is 24.4 Å². The monoisotopic (exact) mass is 270 g/mol. The standard InChI is InChI=1S/C14H22O5/c1-5-17-11(15)9-10(12(16)18-6-2)14(4)8-7-13(9,3)19-14/h9-10H,5-8H2,1-4H3/t9-,10-,13-,14+/m0/s1. The third-order valence-electron chi connectivity index (χ3n) is 4.31. The van der Waals surface area contributed by atoms with Gasteiger partial charge < -0.3 is 14.2 Å². The Morgan fingerprint density at radius 3 is 1.68 bits per heavy atom. The van der Waals surface area contributed by atoms with Crippen molar-refractivity contribution < 1.29 is 23.8 Å². The molecule has 2 aliphatic rings.